The van der Waals surface area contributed by atoms with Crippen molar-refractivity contribution in [3.8, 4) is 10.4 Å². The minimum atomic E-state index is -2.81. The first-order valence-electron chi connectivity index (χ1n) is 8.09. The van der Waals surface area contributed by atoms with Crippen LogP contribution in [0.1, 0.15) is 26.7 Å². The van der Waals surface area contributed by atoms with Gasteiger partial charge in [-0.3, -0.25) is 9.00 Å². The van der Waals surface area contributed by atoms with Crippen molar-refractivity contribution in [2.24, 2.45) is 5.73 Å². The van der Waals surface area contributed by atoms with Crippen molar-refractivity contribution >= 4 is 38.7 Å². The van der Waals surface area contributed by atoms with E-state index in [4.69, 9.17) is 11.5 Å². The van der Waals surface area contributed by atoms with E-state index >= 15 is 0 Å². The molecule has 0 saturated carbocycles. The SMILES string of the molecule is C[SH]1(=O)Nc2cc(C(N)=O)ccc2C1c1cc(-c2cccs2)ccc1N. The van der Waals surface area contributed by atoms with Gasteiger partial charge in [0.2, 0.25) is 5.91 Å². The van der Waals surface area contributed by atoms with Gasteiger partial charge in [0.1, 0.15) is 0 Å². The Hall–Kier alpha value is -2.64. The average molecular weight is 386 g/mol. The fourth-order valence-electron chi connectivity index (χ4n) is 3.45. The van der Waals surface area contributed by atoms with Crippen molar-refractivity contribution in [3.63, 3.8) is 0 Å². The molecule has 7 heteroatoms. The summed E-state index contributed by atoms with van der Waals surface area (Å²) in [4.78, 5) is 12.6. The largest absolute Gasteiger partial charge is 0.398 e. The van der Waals surface area contributed by atoms with Crippen molar-refractivity contribution in [3.05, 3.63) is 70.6 Å². The van der Waals surface area contributed by atoms with Gasteiger partial charge in [-0.25, -0.2) is 0 Å². The van der Waals surface area contributed by atoms with Crippen molar-refractivity contribution in [2.75, 3.05) is 16.7 Å². The van der Waals surface area contributed by atoms with Crippen molar-refractivity contribution in [1.82, 2.24) is 0 Å². The molecule has 1 aliphatic rings. The van der Waals surface area contributed by atoms with E-state index in [0.717, 1.165) is 21.6 Å². The van der Waals surface area contributed by atoms with Crippen LogP contribution in [0.3, 0.4) is 0 Å². The molecule has 0 bridgehead atoms. The van der Waals surface area contributed by atoms with Crippen LogP contribution < -0.4 is 16.2 Å². The van der Waals surface area contributed by atoms with Crippen LogP contribution in [0.15, 0.2) is 53.9 Å². The van der Waals surface area contributed by atoms with Gasteiger partial charge < -0.3 is 16.2 Å². The molecule has 2 aromatic carbocycles. The average Bonchev–Trinajstić information content (AvgIpc) is 3.19. The Morgan fingerprint density at radius 2 is 1.96 bits per heavy atom. The van der Waals surface area contributed by atoms with Gasteiger partial charge >= 0.3 is 0 Å². The summed E-state index contributed by atoms with van der Waals surface area (Å²) < 4.78 is 16.4. The Bertz CT molecular complexity index is 1060. The number of nitrogens with one attached hydrogen (secondary N) is 1. The number of rotatable bonds is 3. The summed E-state index contributed by atoms with van der Waals surface area (Å²) in [6, 6.07) is 15.0. The number of carbonyl (C=O) groups is 1. The van der Waals surface area contributed by atoms with Crippen LogP contribution in [-0.4, -0.2) is 16.4 Å². The lowest BCUT2D eigenvalue weighted by Crippen LogP contribution is -2.22. The number of nitrogens with two attached hydrogens (primary N) is 2. The van der Waals surface area contributed by atoms with Crippen LogP contribution in [0, 0.1) is 0 Å². The number of benzene rings is 2. The monoisotopic (exact) mass is 385 g/mol. The number of carbonyl (C=O) groups excluding carboxylic acids is 1. The van der Waals surface area contributed by atoms with E-state index in [-0.39, 0.29) is 5.25 Å². The standard InChI is InChI=1S/C19H19N3O2S2/c1-26(24)18(13-6-4-12(19(21)23)10-16(13)22-26)14-9-11(5-7-15(14)20)17-3-2-8-25-17/h2-10,18,26H,20H2,1H3,(H2,21,23)(H,22,24). The van der Waals surface area contributed by atoms with Gasteiger partial charge in [0.05, 0.1) is 5.25 Å². The number of amides is 1. The quantitative estimate of drug-likeness (QED) is 0.412. The van der Waals surface area contributed by atoms with Crippen molar-refractivity contribution in [2.45, 2.75) is 5.25 Å². The second kappa shape index (κ2) is 5.96. The summed E-state index contributed by atoms with van der Waals surface area (Å²) in [5.41, 5.74) is 16.0. The molecule has 26 heavy (non-hydrogen) atoms. The predicted octanol–water partition coefficient (Wildman–Crippen LogP) is 3.17. The van der Waals surface area contributed by atoms with Crippen LogP contribution in [-0.2, 0) is 10.1 Å². The molecule has 1 aromatic heterocycles. The molecule has 134 valence electrons. The maximum atomic E-state index is 13.4. The van der Waals surface area contributed by atoms with E-state index in [1.54, 1.807) is 29.7 Å². The first kappa shape index (κ1) is 16.8. The Labute approximate surface area is 156 Å². The van der Waals surface area contributed by atoms with Crippen LogP contribution in [0.4, 0.5) is 11.4 Å². The molecular formula is C19H19N3O2S2. The molecule has 2 heterocycles. The molecule has 0 aliphatic carbocycles. The number of thiol groups is 1. The lowest BCUT2D eigenvalue weighted by molar-refractivity contribution is 0.100. The second-order valence-electron chi connectivity index (χ2n) is 6.49. The molecule has 0 radical (unpaired) electrons. The molecule has 4 rings (SSSR count). The third-order valence-electron chi connectivity index (χ3n) is 4.65. The van der Waals surface area contributed by atoms with E-state index in [1.807, 2.05) is 41.8 Å². The van der Waals surface area contributed by atoms with Crippen LogP contribution in [0.2, 0.25) is 0 Å². The van der Waals surface area contributed by atoms with Gasteiger partial charge in [-0.2, -0.15) is 0 Å². The van der Waals surface area contributed by atoms with Gasteiger partial charge in [0.25, 0.3) is 0 Å². The minimum Gasteiger partial charge on any atom is -0.398 e. The molecule has 0 spiro atoms. The molecule has 1 amide bonds. The molecule has 1 unspecified atom stereocenters. The number of primary amides is 1. The zero-order valence-electron chi connectivity index (χ0n) is 14.1. The maximum Gasteiger partial charge on any atom is 0.248 e. The Morgan fingerprint density at radius 3 is 2.65 bits per heavy atom. The van der Waals surface area contributed by atoms with Gasteiger partial charge in [-0.1, -0.05) is 18.2 Å². The normalized spacial score (nSPS) is 18.7. The number of nitrogen functional groups attached to an aromatic ring is 1. The summed E-state index contributed by atoms with van der Waals surface area (Å²) in [6.07, 6.45) is 1.71. The molecule has 1 aliphatic heterocycles. The fourth-order valence-corrected chi connectivity index (χ4v) is 6.49. The van der Waals surface area contributed by atoms with Gasteiger partial charge in [-0.15, -0.1) is 11.3 Å². The molecule has 0 saturated heterocycles. The van der Waals surface area contributed by atoms with Crippen LogP contribution in [0.25, 0.3) is 10.4 Å². The third kappa shape index (κ3) is 2.69. The maximum absolute atomic E-state index is 13.4. The van der Waals surface area contributed by atoms with Gasteiger partial charge in [0.15, 0.2) is 0 Å². The molecule has 0 fully saturated rings. The smallest absolute Gasteiger partial charge is 0.248 e. The summed E-state index contributed by atoms with van der Waals surface area (Å²) in [5.74, 6) is -0.511. The Balaban J connectivity index is 1.87. The highest BCUT2D eigenvalue weighted by molar-refractivity contribution is 8.04. The summed E-state index contributed by atoms with van der Waals surface area (Å²) in [6.45, 7) is 0. The van der Waals surface area contributed by atoms with E-state index in [0.29, 0.717) is 16.9 Å². The summed E-state index contributed by atoms with van der Waals surface area (Å²) in [7, 11) is -2.81. The summed E-state index contributed by atoms with van der Waals surface area (Å²) >= 11 is 1.65. The van der Waals surface area contributed by atoms with E-state index in [2.05, 4.69) is 4.72 Å². The van der Waals surface area contributed by atoms with Gasteiger partial charge in [-0.05, 0) is 62.5 Å². The molecule has 3 aromatic rings. The van der Waals surface area contributed by atoms with E-state index in [1.165, 1.54) is 0 Å². The zero-order chi connectivity index (χ0) is 18.5. The number of hydrogen-bond acceptors (Lipinski definition) is 4. The molecule has 5 N–H and O–H groups in total. The fraction of sp³-hybridized carbons (Fsp3) is 0.105. The third-order valence-corrected chi connectivity index (χ3v) is 7.80. The van der Waals surface area contributed by atoms with E-state index < -0.39 is 16.0 Å². The lowest BCUT2D eigenvalue weighted by Gasteiger charge is -2.24. The number of fused-ring (bicyclic) bond motifs is 1. The van der Waals surface area contributed by atoms with Crippen molar-refractivity contribution in [1.29, 1.82) is 0 Å². The van der Waals surface area contributed by atoms with Crippen molar-refractivity contribution < 1.29 is 9.00 Å². The Morgan fingerprint density at radius 1 is 1.15 bits per heavy atom. The van der Waals surface area contributed by atoms with Gasteiger partial charge in [0, 0.05) is 28.1 Å². The highest BCUT2D eigenvalue weighted by Crippen LogP contribution is 2.47. The highest BCUT2D eigenvalue weighted by atomic mass is 32.3. The lowest BCUT2D eigenvalue weighted by atomic mass is 9.97. The summed E-state index contributed by atoms with van der Waals surface area (Å²) in [5, 5.41) is 1.66. The number of thiophene rings is 1. The molecular weight excluding hydrogens is 366 g/mol. The molecule has 1 atom stereocenters. The predicted molar refractivity (Wildman–Crippen MR) is 110 cm³/mol. The highest BCUT2D eigenvalue weighted by Gasteiger charge is 2.36. The molecule has 5 nitrogen and oxygen atoms in total. The number of hydrogen-bond donors (Lipinski definition) is 4. The van der Waals surface area contributed by atoms with Crippen LogP contribution in [0.5, 0.6) is 0 Å². The zero-order valence-corrected chi connectivity index (χ0v) is 15.8. The Kier molecular flexibility index (Phi) is 3.86. The second-order valence-corrected chi connectivity index (χ2v) is 10.2. The minimum absolute atomic E-state index is 0.362. The first-order valence-corrected chi connectivity index (χ1v) is 11.2. The van der Waals surface area contributed by atoms with Crippen LogP contribution >= 0.6 is 11.3 Å². The first-order chi connectivity index (χ1) is 12.4. The van der Waals surface area contributed by atoms with E-state index in [9.17, 15) is 9.00 Å². The number of anilines is 2. The topological polar surface area (TPSA) is 98.2 Å².